The molecule has 3 aromatic rings. The van der Waals surface area contributed by atoms with E-state index in [1.54, 1.807) is 15.8 Å². The third-order valence-corrected chi connectivity index (χ3v) is 5.08. The number of rotatable bonds is 3. The van der Waals surface area contributed by atoms with Crippen LogP contribution in [0.4, 0.5) is 5.69 Å². The average molecular weight is 380 g/mol. The molecule has 1 aliphatic heterocycles. The maximum absolute atomic E-state index is 12.9. The summed E-state index contributed by atoms with van der Waals surface area (Å²) in [6.45, 7) is 3.50. The molecule has 0 aliphatic carbocycles. The number of aromatic nitrogens is 4. The van der Waals surface area contributed by atoms with Crippen molar-refractivity contribution in [2.75, 3.05) is 10.7 Å². The van der Waals surface area contributed by atoms with Crippen molar-refractivity contribution in [3.8, 4) is 11.3 Å². The number of hydrogen-bond acceptors (Lipinski definition) is 5. The molecule has 0 bridgehead atoms. The number of carbonyl (C=O) groups excluding carboxylic acids is 1. The van der Waals surface area contributed by atoms with Gasteiger partial charge in [-0.1, -0.05) is 36.9 Å². The number of aromatic amines is 1. The van der Waals surface area contributed by atoms with Crippen LogP contribution in [0.5, 0.6) is 0 Å². The fraction of sp³-hybridized carbons (Fsp3) is 0.211. The Labute approximate surface area is 160 Å². The standard InChI is InChI=1S/C19H17N5O2S/c1-3-27-19-21-17(26)16-13-8-4-5-10-15(13)23(12(2)25)18(24(16)22-19)14-9-6-7-11-20-14/h4-11,18H,3H2,1-2H3/p+1. The lowest BCUT2D eigenvalue weighted by Gasteiger charge is -2.30. The first-order chi connectivity index (χ1) is 13.1. The molecule has 136 valence electrons. The number of nitrogens with one attached hydrogen (secondary N) is 1. The van der Waals surface area contributed by atoms with Crippen molar-refractivity contribution in [3.63, 3.8) is 0 Å². The monoisotopic (exact) mass is 380 g/mol. The van der Waals surface area contributed by atoms with Gasteiger partial charge in [-0.25, -0.2) is 4.90 Å². The van der Waals surface area contributed by atoms with Crippen molar-refractivity contribution in [2.45, 2.75) is 25.2 Å². The molecule has 27 heavy (non-hydrogen) atoms. The molecule has 0 radical (unpaired) electrons. The molecular formula is C19H18N5O2S+. The van der Waals surface area contributed by atoms with Crippen molar-refractivity contribution >= 4 is 23.4 Å². The Balaban J connectivity index is 2.07. The Hall–Kier alpha value is -3.00. The number of thioether (sulfide) groups is 1. The predicted molar refractivity (Wildman–Crippen MR) is 102 cm³/mol. The number of pyridine rings is 1. The minimum atomic E-state index is -0.632. The molecule has 0 saturated heterocycles. The lowest BCUT2D eigenvalue weighted by atomic mass is 10.0. The fourth-order valence-electron chi connectivity index (χ4n) is 3.31. The smallest absolute Gasteiger partial charge is 0.291 e. The van der Waals surface area contributed by atoms with Gasteiger partial charge in [-0.15, -0.1) is 0 Å². The summed E-state index contributed by atoms with van der Waals surface area (Å²) in [5, 5.41) is 5.15. The molecule has 0 saturated carbocycles. The second-order valence-corrected chi connectivity index (χ2v) is 7.27. The summed E-state index contributed by atoms with van der Waals surface area (Å²) in [6, 6.07) is 12.9. The molecule has 2 aromatic heterocycles. The Bertz CT molecular complexity index is 1070. The van der Waals surface area contributed by atoms with E-state index in [0.29, 0.717) is 27.8 Å². The van der Waals surface area contributed by atoms with Crippen molar-refractivity contribution < 1.29 is 9.48 Å². The number of fused-ring (bicyclic) bond motifs is 3. The minimum Gasteiger partial charge on any atom is -0.291 e. The van der Waals surface area contributed by atoms with E-state index >= 15 is 0 Å². The summed E-state index contributed by atoms with van der Waals surface area (Å²) in [5.41, 5.74) is 2.15. The maximum Gasteiger partial charge on any atom is 0.325 e. The van der Waals surface area contributed by atoms with Crippen LogP contribution in [0.1, 0.15) is 25.7 Å². The highest BCUT2D eigenvalue weighted by molar-refractivity contribution is 7.99. The number of hydrogen-bond donors (Lipinski definition) is 1. The van der Waals surface area contributed by atoms with E-state index in [1.807, 2.05) is 49.4 Å². The highest BCUT2D eigenvalue weighted by Crippen LogP contribution is 2.36. The second-order valence-electron chi connectivity index (χ2n) is 6.02. The summed E-state index contributed by atoms with van der Waals surface area (Å²) in [5.74, 6) is 0.617. The third-order valence-electron chi connectivity index (χ3n) is 4.33. The molecule has 3 heterocycles. The molecule has 7 nitrogen and oxygen atoms in total. The summed E-state index contributed by atoms with van der Waals surface area (Å²) < 4.78 is 1.61. The van der Waals surface area contributed by atoms with E-state index in [9.17, 15) is 9.59 Å². The zero-order valence-electron chi connectivity index (χ0n) is 14.9. The molecule has 1 aromatic carbocycles. The molecular weight excluding hydrogens is 362 g/mol. The van der Waals surface area contributed by atoms with Crippen molar-refractivity contribution in [3.05, 3.63) is 64.7 Å². The van der Waals surface area contributed by atoms with Gasteiger partial charge >= 0.3 is 17.4 Å². The van der Waals surface area contributed by atoms with Crippen LogP contribution in [0.15, 0.2) is 58.6 Å². The van der Waals surface area contributed by atoms with Gasteiger partial charge in [-0.3, -0.25) is 19.6 Å². The molecule has 1 aliphatic rings. The molecule has 1 amide bonds. The van der Waals surface area contributed by atoms with Crippen LogP contribution in [0.25, 0.3) is 11.3 Å². The van der Waals surface area contributed by atoms with Crippen molar-refractivity contribution in [1.29, 1.82) is 0 Å². The number of carbonyl (C=O) groups is 1. The van der Waals surface area contributed by atoms with Crippen molar-refractivity contribution in [1.82, 2.24) is 15.1 Å². The second kappa shape index (κ2) is 6.96. The van der Waals surface area contributed by atoms with Gasteiger partial charge in [0.15, 0.2) is 0 Å². The molecule has 0 spiro atoms. The summed E-state index contributed by atoms with van der Waals surface area (Å²) >= 11 is 1.44. The lowest BCUT2D eigenvalue weighted by molar-refractivity contribution is -0.763. The predicted octanol–water partition coefficient (Wildman–Crippen LogP) is 2.14. The largest absolute Gasteiger partial charge is 0.325 e. The minimum absolute atomic E-state index is 0.150. The van der Waals surface area contributed by atoms with E-state index in [2.05, 4.69) is 15.1 Å². The van der Waals surface area contributed by atoms with Crippen LogP contribution in [0.2, 0.25) is 0 Å². The first-order valence-electron chi connectivity index (χ1n) is 8.61. The summed E-state index contributed by atoms with van der Waals surface area (Å²) in [4.78, 5) is 34.5. The maximum atomic E-state index is 12.9. The van der Waals surface area contributed by atoms with Gasteiger partial charge < -0.3 is 0 Å². The number of benzene rings is 1. The Morgan fingerprint density at radius 2 is 2.04 bits per heavy atom. The average Bonchev–Trinajstić information content (AvgIpc) is 2.67. The van der Waals surface area contributed by atoms with E-state index in [1.165, 1.54) is 18.7 Å². The highest BCUT2D eigenvalue weighted by atomic mass is 32.2. The molecule has 8 heteroatoms. The van der Waals surface area contributed by atoms with Crippen molar-refractivity contribution in [2.24, 2.45) is 0 Å². The highest BCUT2D eigenvalue weighted by Gasteiger charge is 2.45. The zero-order chi connectivity index (χ0) is 19.0. The normalized spacial score (nSPS) is 15.2. The Morgan fingerprint density at radius 3 is 2.74 bits per heavy atom. The first-order valence-corrected chi connectivity index (χ1v) is 9.59. The quantitative estimate of drug-likeness (QED) is 0.556. The van der Waals surface area contributed by atoms with Gasteiger partial charge in [-0.2, -0.15) is 0 Å². The van der Waals surface area contributed by atoms with Crippen LogP contribution in [0.3, 0.4) is 0 Å². The van der Waals surface area contributed by atoms with E-state index in [0.717, 1.165) is 5.75 Å². The van der Waals surface area contributed by atoms with Gasteiger partial charge in [0, 0.05) is 18.2 Å². The number of nitrogens with zero attached hydrogens (tertiary/aromatic N) is 4. The SMILES string of the molecule is CCSc1n[n+]2c(c(=O)[nH]1)-c1ccccc1N(C(C)=O)C2c1ccccn1. The third kappa shape index (κ3) is 2.91. The number of H-pyrrole nitrogens is 1. The molecule has 4 rings (SSSR count). The molecule has 1 N–H and O–H groups in total. The summed E-state index contributed by atoms with van der Waals surface area (Å²) in [6.07, 6.45) is 1.04. The van der Waals surface area contributed by atoms with Crippen LogP contribution < -0.4 is 15.1 Å². The lowest BCUT2D eigenvalue weighted by Crippen LogP contribution is -2.60. The van der Waals surface area contributed by atoms with E-state index in [-0.39, 0.29) is 11.5 Å². The number of amides is 1. The van der Waals surface area contributed by atoms with E-state index in [4.69, 9.17) is 0 Å². The van der Waals surface area contributed by atoms with Crippen LogP contribution in [0, 0.1) is 0 Å². The van der Waals surface area contributed by atoms with Gasteiger partial charge in [0.1, 0.15) is 5.69 Å². The Kier molecular flexibility index (Phi) is 4.49. The summed E-state index contributed by atoms with van der Waals surface area (Å²) in [7, 11) is 0. The number of anilines is 1. The molecule has 1 unspecified atom stereocenters. The zero-order valence-corrected chi connectivity index (χ0v) is 15.7. The van der Waals surface area contributed by atoms with Gasteiger partial charge in [-0.05, 0) is 34.7 Å². The fourth-order valence-corrected chi connectivity index (χ4v) is 3.89. The topological polar surface area (TPSA) is 82.8 Å². The van der Waals surface area contributed by atoms with Gasteiger partial charge in [0.05, 0.1) is 11.3 Å². The Morgan fingerprint density at radius 1 is 1.26 bits per heavy atom. The molecule has 0 fully saturated rings. The van der Waals surface area contributed by atoms with Crippen LogP contribution in [-0.2, 0) is 4.79 Å². The number of para-hydroxylation sites is 1. The molecule has 1 atom stereocenters. The van der Waals surface area contributed by atoms with Gasteiger partial charge in [0.2, 0.25) is 11.1 Å². The van der Waals surface area contributed by atoms with Crippen LogP contribution in [-0.4, -0.2) is 26.7 Å². The first kappa shape index (κ1) is 17.4. The van der Waals surface area contributed by atoms with E-state index < -0.39 is 6.17 Å². The van der Waals surface area contributed by atoms with Crippen LogP contribution >= 0.6 is 11.8 Å². The van der Waals surface area contributed by atoms with Gasteiger partial charge in [0.25, 0.3) is 0 Å².